The molecule has 116 valence electrons. The molecular formula is C16H25N3O2. The summed E-state index contributed by atoms with van der Waals surface area (Å²) >= 11 is 0. The maximum atomic E-state index is 10.7. The highest BCUT2D eigenvalue weighted by Gasteiger charge is 2.41. The molecule has 3 rings (SSSR count). The van der Waals surface area contributed by atoms with Crippen LogP contribution in [0.1, 0.15) is 32.1 Å². The molecule has 0 bridgehead atoms. The van der Waals surface area contributed by atoms with Gasteiger partial charge in [-0.2, -0.15) is 0 Å². The van der Waals surface area contributed by atoms with Crippen LogP contribution in [0.4, 0.5) is 0 Å². The Hall–Kier alpha value is -1.17. The zero-order chi connectivity index (χ0) is 14.7. The number of hydrogen-bond acceptors (Lipinski definition) is 5. The van der Waals surface area contributed by atoms with E-state index in [-0.39, 0.29) is 18.2 Å². The van der Waals surface area contributed by atoms with Crippen LogP contribution < -0.4 is 10.5 Å². The summed E-state index contributed by atoms with van der Waals surface area (Å²) in [5.41, 5.74) is 6.29. The molecule has 0 unspecified atom stereocenters. The molecule has 1 aromatic heterocycles. The fraction of sp³-hybridized carbons (Fsp3) is 0.688. The molecule has 0 radical (unpaired) electrons. The van der Waals surface area contributed by atoms with Crippen LogP contribution in [0.2, 0.25) is 0 Å². The average Bonchev–Trinajstić information content (AvgIpc) is 2.52. The Bertz CT molecular complexity index is 436. The third-order valence-electron chi connectivity index (χ3n) is 4.69. The molecule has 5 nitrogen and oxygen atoms in total. The van der Waals surface area contributed by atoms with Gasteiger partial charge in [0.1, 0.15) is 18.0 Å². The van der Waals surface area contributed by atoms with E-state index in [0.717, 1.165) is 31.7 Å². The Morgan fingerprint density at radius 1 is 1.24 bits per heavy atom. The van der Waals surface area contributed by atoms with E-state index >= 15 is 0 Å². The summed E-state index contributed by atoms with van der Waals surface area (Å²) in [6, 6.07) is 3.77. The number of ether oxygens (including phenoxy) is 1. The van der Waals surface area contributed by atoms with Crippen LogP contribution in [0.25, 0.3) is 0 Å². The van der Waals surface area contributed by atoms with Gasteiger partial charge in [0.05, 0.1) is 12.2 Å². The second kappa shape index (κ2) is 6.73. The van der Waals surface area contributed by atoms with Crippen LogP contribution in [-0.2, 0) is 0 Å². The van der Waals surface area contributed by atoms with Crippen molar-refractivity contribution >= 4 is 0 Å². The fourth-order valence-electron chi connectivity index (χ4n) is 3.59. The minimum atomic E-state index is -0.535. The van der Waals surface area contributed by atoms with Gasteiger partial charge in [0.25, 0.3) is 0 Å². The molecule has 5 heteroatoms. The van der Waals surface area contributed by atoms with Crippen LogP contribution in [0.5, 0.6) is 5.75 Å². The predicted molar refractivity (Wildman–Crippen MR) is 81.1 cm³/mol. The molecule has 0 spiro atoms. The van der Waals surface area contributed by atoms with Crippen LogP contribution >= 0.6 is 0 Å². The number of pyridine rings is 1. The van der Waals surface area contributed by atoms with E-state index in [1.54, 1.807) is 12.4 Å². The van der Waals surface area contributed by atoms with Crippen LogP contribution in [0.3, 0.4) is 0 Å². The molecule has 1 saturated carbocycles. The number of nitrogens with two attached hydrogens (primary N) is 1. The van der Waals surface area contributed by atoms with Gasteiger partial charge in [0.2, 0.25) is 0 Å². The lowest BCUT2D eigenvalue weighted by molar-refractivity contribution is -0.0652. The Morgan fingerprint density at radius 2 is 2.05 bits per heavy atom. The number of aliphatic hydroxyl groups excluding tert-OH is 1. The molecule has 0 aromatic carbocycles. The normalized spacial score (nSPS) is 34.6. The van der Waals surface area contributed by atoms with Gasteiger partial charge in [0, 0.05) is 12.2 Å². The third-order valence-corrected chi connectivity index (χ3v) is 4.69. The Labute approximate surface area is 126 Å². The molecule has 2 aliphatic rings. The first-order valence-corrected chi connectivity index (χ1v) is 8.00. The number of likely N-dealkylation sites (tertiary alicyclic amines) is 1. The fourth-order valence-corrected chi connectivity index (χ4v) is 3.59. The average molecular weight is 291 g/mol. The van der Waals surface area contributed by atoms with Crippen LogP contribution in [0, 0.1) is 0 Å². The summed E-state index contributed by atoms with van der Waals surface area (Å²) in [6.45, 7) is 2.07. The number of aromatic nitrogens is 1. The van der Waals surface area contributed by atoms with Crippen molar-refractivity contribution < 1.29 is 9.84 Å². The van der Waals surface area contributed by atoms with Crippen molar-refractivity contribution in [3.8, 4) is 5.75 Å². The number of nitrogens with zero attached hydrogens (tertiary/aromatic N) is 2. The Morgan fingerprint density at radius 3 is 2.76 bits per heavy atom. The first-order chi connectivity index (χ1) is 10.3. The molecule has 1 aliphatic carbocycles. The van der Waals surface area contributed by atoms with Gasteiger partial charge >= 0.3 is 0 Å². The van der Waals surface area contributed by atoms with E-state index in [4.69, 9.17) is 10.5 Å². The van der Waals surface area contributed by atoms with Crippen molar-refractivity contribution in [3.05, 3.63) is 24.5 Å². The second-order valence-electron chi connectivity index (χ2n) is 6.16. The molecule has 4 atom stereocenters. The lowest BCUT2D eigenvalue weighted by Gasteiger charge is -2.45. The molecular weight excluding hydrogens is 266 g/mol. The molecule has 2 fully saturated rings. The predicted octanol–water partition coefficient (Wildman–Crippen LogP) is 1.17. The molecule has 21 heavy (non-hydrogen) atoms. The van der Waals surface area contributed by atoms with Gasteiger partial charge in [-0.3, -0.25) is 9.88 Å². The SMILES string of the molecule is N[C@@H]1CC[C@@H](Oc2cccnc2)[C@H](O)[C@H]1N1CCCCC1. The summed E-state index contributed by atoms with van der Waals surface area (Å²) in [5.74, 6) is 0.717. The molecule has 1 aromatic rings. The summed E-state index contributed by atoms with van der Waals surface area (Å²) in [5, 5.41) is 10.7. The van der Waals surface area contributed by atoms with E-state index in [1.165, 1.54) is 19.3 Å². The van der Waals surface area contributed by atoms with E-state index in [2.05, 4.69) is 9.88 Å². The monoisotopic (exact) mass is 291 g/mol. The van der Waals surface area contributed by atoms with Crippen molar-refractivity contribution in [2.24, 2.45) is 5.73 Å². The van der Waals surface area contributed by atoms with Gasteiger partial charge in [0.15, 0.2) is 0 Å². The van der Waals surface area contributed by atoms with E-state index in [1.807, 2.05) is 12.1 Å². The number of aliphatic hydroxyl groups is 1. The van der Waals surface area contributed by atoms with Gasteiger partial charge < -0.3 is 15.6 Å². The largest absolute Gasteiger partial charge is 0.486 e. The number of piperidine rings is 1. The summed E-state index contributed by atoms with van der Waals surface area (Å²) < 4.78 is 5.94. The van der Waals surface area contributed by atoms with Crippen molar-refractivity contribution in [3.63, 3.8) is 0 Å². The maximum Gasteiger partial charge on any atom is 0.138 e. The van der Waals surface area contributed by atoms with Crippen LogP contribution in [-0.4, -0.2) is 52.4 Å². The number of rotatable bonds is 3. The standard InChI is InChI=1S/C16H25N3O2/c17-13-6-7-14(21-12-5-4-8-18-11-12)16(20)15(13)19-9-2-1-3-10-19/h4-5,8,11,13-16,20H,1-3,6-7,9-10,17H2/t13-,14-,15+,16+/m1/s1. The summed E-state index contributed by atoms with van der Waals surface area (Å²) in [6.07, 6.45) is 8.05. The molecule has 1 saturated heterocycles. The van der Waals surface area contributed by atoms with Gasteiger partial charge in [-0.15, -0.1) is 0 Å². The highest BCUT2D eigenvalue weighted by Crippen LogP contribution is 2.28. The highest BCUT2D eigenvalue weighted by molar-refractivity contribution is 5.16. The lowest BCUT2D eigenvalue weighted by atomic mass is 9.84. The van der Waals surface area contributed by atoms with Crippen molar-refractivity contribution in [1.29, 1.82) is 0 Å². The third kappa shape index (κ3) is 3.36. The smallest absolute Gasteiger partial charge is 0.138 e. The van der Waals surface area contributed by atoms with Crippen molar-refractivity contribution in [1.82, 2.24) is 9.88 Å². The number of hydrogen-bond donors (Lipinski definition) is 2. The Balaban J connectivity index is 1.68. The molecule has 3 N–H and O–H groups in total. The second-order valence-corrected chi connectivity index (χ2v) is 6.16. The summed E-state index contributed by atoms with van der Waals surface area (Å²) in [4.78, 5) is 6.42. The van der Waals surface area contributed by atoms with Crippen LogP contribution in [0.15, 0.2) is 24.5 Å². The zero-order valence-corrected chi connectivity index (χ0v) is 12.4. The molecule has 1 aliphatic heterocycles. The van der Waals surface area contributed by atoms with E-state index < -0.39 is 6.10 Å². The van der Waals surface area contributed by atoms with E-state index in [9.17, 15) is 5.11 Å². The minimum Gasteiger partial charge on any atom is -0.486 e. The van der Waals surface area contributed by atoms with Crippen molar-refractivity contribution in [2.75, 3.05) is 13.1 Å². The maximum absolute atomic E-state index is 10.7. The quantitative estimate of drug-likeness (QED) is 0.874. The first-order valence-electron chi connectivity index (χ1n) is 8.00. The van der Waals surface area contributed by atoms with E-state index in [0.29, 0.717) is 0 Å². The summed E-state index contributed by atoms with van der Waals surface area (Å²) in [7, 11) is 0. The topological polar surface area (TPSA) is 71.6 Å². The molecule has 2 heterocycles. The molecule has 0 amide bonds. The van der Waals surface area contributed by atoms with Crippen molar-refractivity contribution in [2.45, 2.75) is 56.4 Å². The highest BCUT2D eigenvalue weighted by atomic mass is 16.5. The lowest BCUT2D eigenvalue weighted by Crippen LogP contribution is -2.62. The van der Waals surface area contributed by atoms with Gasteiger partial charge in [-0.1, -0.05) is 6.42 Å². The Kier molecular flexibility index (Phi) is 4.73. The zero-order valence-electron chi connectivity index (χ0n) is 12.4. The first kappa shape index (κ1) is 14.8. The van der Waals surface area contributed by atoms with Gasteiger partial charge in [-0.05, 0) is 50.9 Å². The van der Waals surface area contributed by atoms with Gasteiger partial charge in [-0.25, -0.2) is 0 Å². The minimum absolute atomic E-state index is 0.0146.